The topological polar surface area (TPSA) is 75.7 Å². The van der Waals surface area contributed by atoms with Gasteiger partial charge < -0.3 is 10.1 Å². The molecule has 7 heteroatoms. The number of nitrogens with one attached hydrogen (secondary N) is 1. The zero-order valence-electron chi connectivity index (χ0n) is 15.7. The second-order valence-electron chi connectivity index (χ2n) is 6.72. The van der Waals surface area contributed by atoms with Crippen LogP contribution >= 0.6 is 0 Å². The van der Waals surface area contributed by atoms with Gasteiger partial charge in [-0.05, 0) is 61.7 Å². The van der Waals surface area contributed by atoms with Crippen LogP contribution in [0.25, 0.3) is 0 Å². The number of sulfonamides is 1. The van der Waals surface area contributed by atoms with E-state index < -0.39 is 10.0 Å². The summed E-state index contributed by atoms with van der Waals surface area (Å²) in [6.45, 7) is 4.77. The molecule has 1 amide bonds. The van der Waals surface area contributed by atoms with Gasteiger partial charge in [0, 0.05) is 18.2 Å². The van der Waals surface area contributed by atoms with Crippen molar-refractivity contribution in [3.63, 3.8) is 0 Å². The van der Waals surface area contributed by atoms with Gasteiger partial charge in [-0.2, -0.15) is 0 Å². The van der Waals surface area contributed by atoms with E-state index in [0.29, 0.717) is 30.8 Å². The third-order valence-corrected chi connectivity index (χ3v) is 5.79. The van der Waals surface area contributed by atoms with Crippen LogP contribution in [0.3, 0.4) is 0 Å². The number of hydrogen-bond acceptors (Lipinski definition) is 4. The molecule has 1 heterocycles. The number of carbonyl (C=O) groups is 1. The van der Waals surface area contributed by atoms with Crippen molar-refractivity contribution < 1.29 is 17.9 Å². The lowest BCUT2D eigenvalue weighted by atomic mass is 10.1. The van der Waals surface area contributed by atoms with Gasteiger partial charge >= 0.3 is 0 Å². The third kappa shape index (κ3) is 4.24. The van der Waals surface area contributed by atoms with Crippen molar-refractivity contribution >= 4 is 21.6 Å². The second-order valence-corrected chi connectivity index (χ2v) is 8.58. The molecule has 0 radical (unpaired) electrons. The number of anilines is 1. The molecule has 0 spiro atoms. The molecule has 1 N–H and O–H groups in total. The highest BCUT2D eigenvalue weighted by atomic mass is 32.2. The summed E-state index contributed by atoms with van der Waals surface area (Å²) >= 11 is 0. The number of rotatable bonds is 6. The zero-order chi connectivity index (χ0) is 19.6. The van der Waals surface area contributed by atoms with E-state index in [2.05, 4.69) is 5.32 Å². The Morgan fingerprint density at radius 3 is 2.74 bits per heavy atom. The van der Waals surface area contributed by atoms with E-state index in [4.69, 9.17) is 4.74 Å². The molecule has 2 aromatic carbocycles. The minimum atomic E-state index is -3.33. The van der Waals surface area contributed by atoms with Gasteiger partial charge in [0.1, 0.15) is 5.75 Å². The second kappa shape index (κ2) is 7.60. The van der Waals surface area contributed by atoms with Gasteiger partial charge in [-0.25, -0.2) is 8.42 Å². The molecule has 0 bridgehead atoms. The Morgan fingerprint density at radius 1 is 1.26 bits per heavy atom. The van der Waals surface area contributed by atoms with Crippen LogP contribution in [0.4, 0.5) is 5.69 Å². The summed E-state index contributed by atoms with van der Waals surface area (Å²) in [5, 5.41) is 2.90. The minimum Gasteiger partial charge on any atom is -0.494 e. The average Bonchev–Trinajstić information content (AvgIpc) is 2.95. The molecule has 0 saturated carbocycles. The largest absolute Gasteiger partial charge is 0.494 e. The molecule has 1 aliphatic heterocycles. The lowest BCUT2D eigenvalue weighted by molar-refractivity contribution is 0.0950. The highest BCUT2D eigenvalue weighted by Gasteiger charge is 2.32. The van der Waals surface area contributed by atoms with Crippen molar-refractivity contribution in [1.29, 1.82) is 0 Å². The van der Waals surface area contributed by atoms with E-state index in [0.717, 1.165) is 16.9 Å². The fraction of sp³-hybridized carbons (Fsp3) is 0.350. The molecule has 0 aromatic heterocycles. The zero-order valence-corrected chi connectivity index (χ0v) is 16.5. The van der Waals surface area contributed by atoms with Crippen LogP contribution in [0.2, 0.25) is 0 Å². The van der Waals surface area contributed by atoms with Gasteiger partial charge in [0.05, 0.1) is 18.6 Å². The van der Waals surface area contributed by atoms with Crippen molar-refractivity contribution in [2.45, 2.75) is 32.9 Å². The fourth-order valence-corrected chi connectivity index (χ4v) is 4.71. The summed E-state index contributed by atoms with van der Waals surface area (Å²) in [4.78, 5) is 12.5. The molecule has 144 valence electrons. The first-order chi connectivity index (χ1) is 12.8. The number of ether oxygens (including phenoxy) is 1. The Kier molecular flexibility index (Phi) is 5.41. The fourth-order valence-electron chi connectivity index (χ4n) is 3.45. The SMILES string of the molecule is CCOc1cccc(CNC(=O)c2ccc3c(c2)CC(C)N3S(C)(=O)=O)c1. The maximum atomic E-state index is 12.5. The predicted octanol–water partition coefficient (Wildman–Crippen LogP) is 2.73. The molecule has 0 fully saturated rings. The summed E-state index contributed by atoms with van der Waals surface area (Å²) in [6.07, 6.45) is 1.80. The Hall–Kier alpha value is -2.54. The molecule has 27 heavy (non-hydrogen) atoms. The van der Waals surface area contributed by atoms with Crippen LogP contribution in [-0.4, -0.2) is 33.2 Å². The first kappa shape index (κ1) is 19.2. The number of amides is 1. The van der Waals surface area contributed by atoms with E-state index in [1.165, 1.54) is 10.6 Å². The lowest BCUT2D eigenvalue weighted by Crippen LogP contribution is -2.34. The van der Waals surface area contributed by atoms with Gasteiger partial charge in [0.25, 0.3) is 5.91 Å². The molecule has 0 saturated heterocycles. The van der Waals surface area contributed by atoms with Gasteiger partial charge in [0.2, 0.25) is 10.0 Å². The molecule has 6 nitrogen and oxygen atoms in total. The Labute approximate surface area is 160 Å². The standard InChI is InChI=1S/C20H24N2O4S/c1-4-26-18-7-5-6-15(11-18)13-21-20(23)16-8-9-19-17(12-16)10-14(2)22(19)27(3,24)25/h5-9,11-12,14H,4,10,13H2,1-3H3,(H,21,23). The smallest absolute Gasteiger partial charge is 0.251 e. The number of nitrogens with zero attached hydrogens (tertiary/aromatic N) is 1. The number of carbonyl (C=O) groups excluding carboxylic acids is 1. The normalized spacial score (nSPS) is 16.1. The van der Waals surface area contributed by atoms with Crippen LogP contribution < -0.4 is 14.4 Å². The van der Waals surface area contributed by atoms with E-state index in [1.54, 1.807) is 18.2 Å². The molecular weight excluding hydrogens is 364 g/mol. The highest BCUT2D eigenvalue weighted by Crippen LogP contribution is 2.34. The summed E-state index contributed by atoms with van der Waals surface area (Å²) < 4.78 is 30.9. The maximum Gasteiger partial charge on any atom is 0.251 e. The molecular formula is C20H24N2O4S. The van der Waals surface area contributed by atoms with Crippen LogP contribution in [0.1, 0.15) is 35.3 Å². The van der Waals surface area contributed by atoms with Crippen LogP contribution in [0.15, 0.2) is 42.5 Å². The van der Waals surface area contributed by atoms with Gasteiger partial charge in [-0.1, -0.05) is 12.1 Å². The molecule has 1 aliphatic rings. The van der Waals surface area contributed by atoms with E-state index >= 15 is 0 Å². The van der Waals surface area contributed by atoms with Crippen molar-refractivity contribution in [1.82, 2.24) is 5.32 Å². The molecule has 2 aromatic rings. The Morgan fingerprint density at radius 2 is 2.04 bits per heavy atom. The predicted molar refractivity (Wildman–Crippen MR) is 106 cm³/mol. The van der Waals surface area contributed by atoms with Crippen molar-refractivity contribution in [3.8, 4) is 5.75 Å². The Bertz CT molecular complexity index is 956. The molecule has 1 atom stereocenters. The van der Waals surface area contributed by atoms with Crippen LogP contribution in [0.5, 0.6) is 5.75 Å². The lowest BCUT2D eigenvalue weighted by Gasteiger charge is -2.21. The first-order valence-corrected chi connectivity index (χ1v) is 10.8. The summed E-state index contributed by atoms with van der Waals surface area (Å²) in [5.41, 5.74) is 3.01. The third-order valence-electron chi connectivity index (χ3n) is 4.51. The summed E-state index contributed by atoms with van der Waals surface area (Å²) in [5.74, 6) is 0.585. The number of fused-ring (bicyclic) bond motifs is 1. The summed E-state index contributed by atoms with van der Waals surface area (Å²) in [6, 6.07) is 12.6. The quantitative estimate of drug-likeness (QED) is 0.826. The van der Waals surface area contributed by atoms with Crippen LogP contribution in [-0.2, 0) is 23.0 Å². The molecule has 3 rings (SSSR count). The van der Waals surface area contributed by atoms with E-state index in [-0.39, 0.29) is 11.9 Å². The average molecular weight is 388 g/mol. The summed E-state index contributed by atoms with van der Waals surface area (Å²) in [7, 11) is -3.33. The monoisotopic (exact) mass is 388 g/mol. The molecule has 1 unspecified atom stereocenters. The first-order valence-electron chi connectivity index (χ1n) is 8.92. The molecule has 0 aliphatic carbocycles. The van der Waals surface area contributed by atoms with Crippen molar-refractivity contribution in [3.05, 3.63) is 59.2 Å². The van der Waals surface area contributed by atoms with Gasteiger partial charge in [0.15, 0.2) is 0 Å². The Balaban J connectivity index is 1.72. The highest BCUT2D eigenvalue weighted by molar-refractivity contribution is 7.92. The maximum absolute atomic E-state index is 12.5. The van der Waals surface area contributed by atoms with E-state index in [9.17, 15) is 13.2 Å². The minimum absolute atomic E-state index is 0.144. The van der Waals surface area contributed by atoms with Crippen molar-refractivity contribution in [2.24, 2.45) is 0 Å². The number of benzene rings is 2. The van der Waals surface area contributed by atoms with Crippen molar-refractivity contribution in [2.75, 3.05) is 17.2 Å². The van der Waals surface area contributed by atoms with E-state index in [1.807, 2.05) is 38.1 Å². The van der Waals surface area contributed by atoms with Gasteiger partial charge in [-0.3, -0.25) is 9.10 Å². The number of hydrogen-bond donors (Lipinski definition) is 1. The van der Waals surface area contributed by atoms with Crippen LogP contribution in [0, 0.1) is 0 Å². The van der Waals surface area contributed by atoms with Gasteiger partial charge in [-0.15, -0.1) is 0 Å².